The fourth-order valence-corrected chi connectivity index (χ4v) is 2.89. The second kappa shape index (κ2) is 7.79. The molecular weight excluding hydrogens is 332 g/mol. The molecule has 0 saturated carbocycles. The Morgan fingerprint density at radius 1 is 0.444 bits per heavy atom. The molecule has 0 aromatic heterocycles. The molecular formula is C25H19O2. The molecule has 4 aromatic carbocycles. The van der Waals surface area contributed by atoms with Gasteiger partial charge in [-0.25, -0.2) is 0 Å². The van der Waals surface area contributed by atoms with Crippen LogP contribution in [0.25, 0.3) is 11.1 Å². The minimum atomic E-state index is 0.742. The summed E-state index contributed by atoms with van der Waals surface area (Å²) in [6.45, 7) is 4.04. The molecule has 0 saturated heterocycles. The zero-order valence-electron chi connectivity index (χ0n) is 14.8. The number of hydrogen-bond acceptors (Lipinski definition) is 2. The first-order valence-corrected chi connectivity index (χ1v) is 8.81. The van der Waals surface area contributed by atoms with Gasteiger partial charge in [-0.2, -0.15) is 0 Å². The molecule has 27 heavy (non-hydrogen) atoms. The van der Waals surface area contributed by atoms with Crippen LogP contribution in [0.5, 0.6) is 23.0 Å². The van der Waals surface area contributed by atoms with Crippen molar-refractivity contribution in [2.24, 2.45) is 0 Å². The van der Waals surface area contributed by atoms with Crippen molar-refractivity contribution in [3.8, 4) is 34.1 Å². The lowest BCUT2D eigenvalue weighted by Crippen LogP contribution is -1.92. The molecule has 0 heterocycles. The molecule has 2 nitrogen and oxygen atoms in total. The van der Waals surface area contributed by atoms with E-state index in [0.717, 1.165) is 39.7 Å². The third-order valence-electron chi connectivity index (χ3n) is 4.23. The van der Waals surface area contributed by atoms with Crippen molar-refractivity contribution in [2.45, 2.75) is 0 Å². The lowest BCUT2D eigenvalue weighted by Gasteiger charge is -2.16. The first-order valence-electron chi connectivity index (χ1n) is 8.81. The van der Waals surface area contributed by atoms with E-state index in [1.807, 2.05) is 103 Å². The average molecular weight is 351 g/mol. The van der Waals surface area contributed by atoms with Gasteiger partial charge in [0.25, 0.3) is 0 Å². The van der Waals surface area contributed by atoms with Gasteiger partial charge < -0.3 is 9.47 Å². The highest BCUT2D eigenvalue weighted by molar-refractivity contribution is 5.76. The Hall–Kier alpha value is -3.52. The molecule has 0 atom stereocenters. The van der Waals surface area contributed by atoms with Gasteiger partial charge in [-0.3, -0.25) is 0 Å². The Morgan fingerprint density at radius 3 is 1.56 bits per heavy atom. The maximum atomic E-state index is 6.18. The summed E-state index contributed by atoms with van der Waals surface area (Å²) < 4.78 is 12.3. The second-order valence-corrected chi connectivity index (χ2v) is 6.12. The Morgan fingerprint density at radius 2 is 0.926 bits per heavy atom. The minimum absolute atomic E-state index is 0.742. The van der Waals surface area contributed by atoms with E-state index in [1.54, 1.807) is 0 Å². The third kappa shape index (κ3) is 3.85. The van der Waals surface area contributed by atoms with Gasteiger partial charge in [0.1, 0.15) is 23.0 Å². The molecule has 4 aromatic rings. The standard InChI is InChI=1S/C25H19O2/c1-19-11-5-8-16-23(19)27-25-18-10-7-15-22(25)21-14-6-9-17-24(21)26-20-12-3-2-4-13-20/h2-18H,1H2. The summed E-state index contributed by atoms with van der Waals surface area (Å²) in [4.78, 5) is 0. The molecule has 0 aliphatic rings. The Bertz CT molecular complexity index is 1040. The minimum Gasteiger partial charge on any atom is -0.457 e. The van der Waals surface area contributed by atoms with E-state index in [9.17, 15) is 0 Å². The summed E-state index contributed by atoms with van der Waals surface area (Å²) in [6, 6.07) is 33.5. The van der Waals surface area contributed by atoms with Gasteiger partial charge in [0.2, 0.25) is 0 Å². The lowest BCUT2D eigenvalue weighted by molar-refractivity contribution is 0.476. The number of ether oxygens (including phenoxy) is 2. The first kappa shape index (κ1) is 16.9. The highest BCUT2D eigenvalue weighted by Crippen LogP contribution is 2.40. The fourth-order valence-electron chi connectivity index (χ4n) is 2.89. The number of benzene rings is 4. The molecule has 0 aliphatic carbocycles. The first-order chi connectivity index (χ1) is 13.3. The molecule has 4 rings (SSSR count). The highest BCUT2D eigenvalue weighted by Gasteiger charge is 2.13. The van der Waals surface area contributed by atoms with Crippen LogP contribution < -0.4 is 9.47 Å². The van der Waals surface area contributed by atoms with Crippen molar-refractivity contribution >= 4 is 0 Å². The molecule has 0 aliphatic heterocycles. The zero-order chi connectivity index (χ0) is 18.5. The number of para-hydroxylation sites is 4. The Labute approximate surface area is 159 Å². The molecule has 2 heteroatoms. The number of hydrogen-bond donors (Lipinski definition) is 0. The van der Waals surface area contributed by atoms with E-state index in [0.29, 0.717) is 0 Å². The monoisotopic (exact) mass is 351 g/mol. The topological polar surface area (TPSA) is 18.5 Å². The van der Waals surface area contributed by atoms with Crippen molar-refractivity contribution < 1.29 is 9.47 Å². The van der Waals surface area contributed by atoms with E-state index in [2.05, 4.69) is 6.92 Å². The summed E-state index contributed by atoms with van der Waals surface area (Å²) in [7, 11) is 0. The molecule has 0 amide bonds. The van der Waals surface area contributed by atoms with Gasteiger partial charge in [0.15, 0.2) is 0 Å². The molecule has 131 valence electrons. The van der Waals surface area contributed by atoms with Gasteiger partial charge in [-0.05, 0) is 42.8 Å². The third-order valence-corrected chi connectivity index (χ3v) is 4.23. The zero-order valence-corrected chi connectivity index (χ0v) is 14.8. The Kier molecular flexibility index (Phi) is 4.88. The molecule has 0 fully saturated rings. The molecule has 0 spiro atoms. The molecule has 0 N–H and O–H groups in total. The normalized spacial score (nSPS) is 10.4. The predicted molar refractivity (Wildman–Crippen MR) is 109 cm³/mol. The van der Waals surface area contributed by atoms with E-state index >= 15 is 0 Å². The van der Waals surface area contributed by atoms with E-state index in [-0.39, 0.29) is 0 Å². The van der Waals surface area contributed by atoms with Crippen LogP contribution in [0.15, 0.2) is 103 Å². The smallest absolute Gasteiger partial charge is 0.135 e. The highest BCUT2D eigenvalue weighted by atomic mass is 16.5. The maximum Gasteiger partial charge on any atom is 0.135 e. The van der Waals surface area contributed by atoms with Crippen molar-refractivity contribution in [2.75, 3.05) is 0 Å². The van der Waals surface area contributed by atoms with Crippen LogP contribution in [-0.4, -0.2) is 0 Å². The molecule has 1 radical (unpaired) electrons. The van der Waals surface area contributed by atoms with Gasteiger partial charge in [0.05, 0.1) is 0 Å². The second-order valence-electron chi connectivity index (χ2n) is 6.12. The Balaban J connectivity index is 1.74. The summed E-state index contributed by atoms with van der Waals surface area (Å²) in [5.74, 6) is 3.08. The number of rotatable bonds is 5. The summed E-state index contributed by atoms with van der Waals surface area (Å²) in [5, 5.41) is 0. The maximum absolute atomic E-state index is 6.18. The van der Waals surface area contributed by atoms with Crippen LogP contribution in [0.3, 0.4) is 0 Å². The van der Waals surface area contributed by atoms with Gasteiger partial charge >= 0.3 is 0 Å². The van der Waals surface area contributed by atoms with Crippen LogP contribution in [0.1, 0.15) is 5.56 Å². The van der Waals surface area contributed by atoms with Crippen LogP contribution >= 0.6 is 0 Å². The molecule has 0 unspecified atom stereocenters. The molecule has 0 bridgehead atoms. The van der Waals surface area contributed by atoms with E-state index in [1.165, 1.54) is 0 Å². The largest absolute Gasteiger partial charge is 0.457 e. The van der Waals surface area contributed by atoms with Gasteiger partial charge in [-0.15, -0.1) is 0 Å². The van der Waals surface area contributed by atoms with E-state index < -0.39 is 0 Å². The SMILES string of the molecule is [CH2]c1ccccc1Oc1ccccc1-c1ccccc1Oc1ccccc1. The van der Waals surface area contributed by atoms with Crippen LogP contribution in [0.2, 0.25) is 0 Å². The van der Waals surface area contributed by atoms with Crippen molar-refractivity contribution in [3.05, 3.63) is 116 Å². The van der Waals surface area contributed by atoms with Gasteiger partial charge in [0, 0.05) is 11.1 Å². The average Bonchev–Trinajstić information content (AvgIpc) is 2.72. The van der Waals surface area contributed by atoms with Gasteiger partial charge in [-0.1, -0.05) is 72.8 Å². The predicted octanol–water partition coefficient (Wildman–Crippen LogP) is 7.12. The van der Waals surface area contributed by atoms with Crippen LogP contribution in [0, 0.1) is 6.92 Å². The lowest BCUT2D eigenvalue weighted by atomic mass is 10.0. The van der Waals surface area contributed by atoms with Crippen LogP contribution in [-0.2, 0) is 0 Å². The summed E-state index contributed by atoms with van der Waals surface area (Å²) in [5.41, 5.74) is 2.78. The van der Waals surface area contributed by atoms with Crippen molar-refractivity contribution in [1.82, 2.24) is 0 Å². The summed E-state index contributed by atoms with van der Waals surface area (Å²) in [6.07, 6.45) is 0. The fraction of sp³-hybridized carbons (Fsp3) is 0. The summed E-state index contributed by atoms with van der Waals surface area (Å²) >= 11 is 0. The quantitative estimate of drug-likeness (QED) is 0.381. The van der Waals surface area contributed by atoms with Crippen molar-refractivity contribution in [1.29, 1.82) is 0 Å². The van der Waals surface area contributed by atoms with E-state index in [4.69, 9.17) is 9.47 Å². The van der Waals surface area contributed by atoms with Crippen molar-refractivity contribution in [3.63, 3.8) is 0 Å². The van der Waals surface area contributed by atoms with Crippen LogP contribution in [0.4, 0.5) is 0 Å².